The van der Waals surface area contributed by atoms with Gasteiger partial charge in [-0.2, -0.15) is 0 Å². The van der Waals surface area contributed by atoms with Gasteiger partial charge in [-0.1, -0.05) is 60.7 Å². The van der Waals surface area contributed by atoms with Gasteiger partial charge in [0.25, 0.3) is 5.91 Å². The van der Waals surface area contributed by atoms with Crippen LogP contribution in [0.3, 0.4) is 0 Å². The van der Waals surface area contributed by atoms with Crippen molar-refractivity contribution in [3.8, 4) is 10.6 Å². The molecule has 0 aliphatic carbocycles. The third-order valence-corrected chi connectivity index (χ3v) is 5.25. The summed E-state index contributed by atoms with van der Waals surface area (Å²) in [6.07, 6.45) is 2.08. The zero-order valence-electron chi connectivity index (χ0n) is 15.6. The molecule has 144 valence electrons. The number of amides is 1. The van der Waals surface area contributed by atoms with E-state index < -0.39 is 5.92 Å². The number of nitrogens with zero attached hydrogens (tertiary/aromatic N) is 1. The fourth-order valence-electron chi connectivity index (χ4n) is 2.79. The normalized spacial score (nSPS) is 11.6. The number of rotatable bonds is 8. The number of carbonyl (C=O) groups is 2. The molecule has 0 bridgehead atoms. The zero-order chi connectivity index (χ0) is 19.8. The first-order chi connectivity index (χ1) is 13.7. The second-order valence-electron chi connectivity index (χ2n) is 6.24. The van der Waals surface area contributed by atoms with E-state index in [1.807, 2.05) is 60.7 Å². The molecule has 3 aromatic rings. The minimum Gasteiger partial charge on any atom is -0.466 e. The Bertz CT molecular complexity index is 910. The average molecular weight is 394 g/mol. The van der Waals surface area contributed by atoms with Crippen molar-refractivity contribution in [1.29, 1.82) is 0 Å². The van der Waals surface area contributed by atoms with E-state index in [1.54, 1.807) is 13.1 Å². The summed E-state index contributed by atoms with van der Waals surface area (Å²) in [5, 5.41) is 3.64. The van der Waals surface area contributed by atoms with Crippen molar-refractivity contribution in [2.24, 2.45) is 5.92 Å². The van der Waals surface area contributed by atoms with Crippen LogP contribution in [0.15, 0.2) is 66.9 Å². The van der Waals surface area contributed by atoms with Gasteiger partial charge in [0.1, 0.15) is 9.88 Å². The molecule has 0 aliphatic rings. The lowest BCUT2D eigenvalue weighted by atomic mass is 9.99. The Hall–Kier alpha value is -2.99. The fourth-order valence-corrected chi connectivity index (χ4v) is 3.63. The number of aromatic nitrogens is 1. The number of thiazole rings is 1. The monoisotopic (exact) mass is 394 g/mol. The summed E-state index contributed by atoms with van der Waals surface area (Å²) in [5.74, 6) is -0.976. The predicted octanol–water partition coefficient (Wildman–Crippen LogP) is 3.96. The lowest BCUT2D eigenvalue weighted by molar-refractivity contribution is -0.147. The predicted molar refractivity (Wildman–Crippen MR) is 110 cm³/mol. The Balaban J connectivity index is 1.64. The summed E-state index contributed by atoms with van der Waals surface area (Å²) >= 11 is 1.33. The molecule has 0 radical (unpaired) electrons. The van der Waals surface area contributed by atoms with Crippen LogP contribution in [0, 0.1) is 5.92 Å². The smallest absolute Gasteiger partial charge is 0.311 e. The van der Waals surface area contributed by atoms with Gasteiger partial charge in [-0.05, 0) is 18.9 Å². The minimum absolute atomic E-state index is 0.213. The van der Waals surface area contributed by atoms with E-state index in [9.17, 15) is 9.59 Å². The van der Waals surface area contributed by atoms with Crippen molar-refractivity contribution in [2.45, 2.75) is 13.3 Å². The number of nitrogens with one attached hydrogen (secondary N) is 1. The molecule has 1 N–H and O–H groups in total. The van der Waals surface area contributed by atoms with Gasteiger partial charge in [-0.15, -0.1) is 11.3 Å². The van der Waals surface area contributed by atoms with E-state index in [4.69, 9.17) is 4.74 Å². The van der Waals surface area contributed by atoms with Crippen LogP contribution in [0.2, 0.25) is 0 Å². The maximum Gasteiger partial charge on any atom is 0.311 e. The Morgan fingerprint density at radius 3 is 2.43 bits per heavy atom. The van der Waals surface area contributed by atoms with Crippen LogP contribution in [-0.4, -0.2) is 30.0 Å². The van der Waals surface area contributed by atoms with Crippen LogP contribution in [0.25, 0.3) is 10.6 Å². The standard InChI is InChI=1S/C22H22N2O3S/c1-2-27-22(26)18(13-16-9-5-3-6-10-16)14-23-20(25)19-15-24-21(28-19)17-11-7-4-8-12-17/h3-12,15,18H,2,13-14H2,1H3,(H,23,25). The number of benzene rings is 2. The van der Waals surface area contributed by atoms with E-state index in [1.165, 1.54) is 11.3 Å². The van der Waals surface area contributed by atoms with Crippen LogP contribution in [0.5, 0.6) is 0 Å². The maximum absolute atomic E-state index is 12.5. The van der Waals surface area contributed by atoms with Crippen LogP contribution >= 0.6 is 11.3 Å². The molecule has 1 unspecified atom stereocenters. The molecule has 5 nitrogen and oxygen atoms in total. The van der Waals surface area contributed by atoms with Crippen molar-refractivity contribution < 1.29 is 14.3 Å². The number of carbonyl (C=O) groups excluding carboxylic acids is 2. The Labute approximate surface area is 168 Å². The highest BCUT2D eigenvalue weighted by atomic mass is 32.1. The van der Waals surface area contributed by atoms with E-state index >= 15 is 0 Å². The summed E-state index contributed by atoms with van der Waals surface area (Å²) in [4.78, 5) is 29.7. The molecule has 0 fully saturated rings. The molecule has 0 saturated heterocycles. The third kappa shape index (κ3) is 5.27. The third-order valence-electron chi connectivity index (χ3n) is 4.20. The molecule has 1 heterocycles. The van der Waals surface area contributed by atoms with E-state index in [0.717, 1.165) is 16.1 Å². The lowest BCUT2D eigenvalue weighted by Crippen LogP contribution is -2.34. The van der Waals surface area contributed by atoms with Gasteiger partial charge >= 0.3 is 5.97 Å². The molecular formula is C22H22N2O3S. The Morgan fingerprint density at radius 2 is 1.75 bits per heavy atom. The summed E-state index contributed by atoms with van der Waals surface area (Å²) in [6.45, 7) is 2.30. The van der Waals surface area contributed by atoms with Crippen molar-refractivity contribution in [3.63, 3.8) is 0 Å². The second kappa shape index (κ2) is 9.80. The highest BCUT2D eigenvalue weighted by Crippen LogP contribution is 2.24. The molecule has 28 heavy (non-hydrogen) atoms. The molecule has 0 saturated carbocycles. The summed E-state index contributed by atoms with van der Waals surface area (Å²) in [5.41, 5.74) is 2.00. The molecule has 0 aliphatic heterocycles. The molecular weight excluding hydrogens is 372 g/mol. The van der Waals surface area contributed by atoms with Crippen LogP contribution in [0.1, 0.15) is 22.2 Å². The molecule has 2 aromatic carbocycles. The highest BCUT2D eigenvalue weighted by molar-refractivity contribution is 7.16. The SMILES string of the molecule is CCOC(=O)C(CNC(=O)c1cnc(-c2ccccc2)s1)Cc1ccccc1. The van der Waals surface area contributed by atoms with Gasteiger partial charge in [0.15, 0.2) is 0 Å². The highest BCUT2D eigenvalue weighted by Gasteiger charge is 2.22. The van der Waals surface area contributed by atoms with Crippen molar-refractivity contribution in [1.82, 2.24) is 10.3 Å². The molecule has 6 heteroatoms. The van der Waals surface area contributed by atoms with Crippen molar-refractivity contribution >= 4 is 23.2 Å². The largest absolute Gasteiger partial charge is 0.466 e. The molecule has 0 spiro atoms. The Morgan fingerprint density at radius 1 is 1.07 bits per heavy atom. The molecule has 3 rings (SSSR count). The zero-order valence-corrected chi connectivity index (χ0v) is 16.4. The van der Waals surface area contributed by atoms with E-state index in [-0.39, 0.29) is 18.4 Å². The van der Waals surface area contributed by atoms with Gasteiger partial charge in [0.05, 0.1) is 18.7 Å². The quantitative estimate of drug-likeness (QED) is 0.587. The van der Waals surface area contributed by atoms with E-state index in [0.29, 0.717) is 17.9 Å². The van der Waals surface area contributed by atoms with Gasteiger partial charge < -0.3 is 10.1 Å². The van der Waals surface area contributed by atoms with Gasteiger partial charge in [-0.25, -0.2) is 4.98 Å². The van der Waals surface area contributed by atoms with E-state index in [2.05, 4.69) is 10.3 Å². The summed E-state index contributed by atoms with van der Waals surface area (Å²) in [6, 6.07) is 19.4. The molecule has 1 amide bonds. The van der Waals surface area contributed by atoms with Gasteiger partial charge in [0, 0.05) is 12.1 Å². The van der Waals surface area contributed by atoms with Crippen LogP contribution in [0.4, 0.5) is 0 Å². The first kappa shape index (κ1) is 19.8. The number of esters is 1. The minimum atomic E-state index is -0.437. The molecule has 1 atom stereocenters. The topological polar surface area (TPSA) is 68.3 Å². The van der Waals surface area contributed by atoms with Gasteiger partial charge in [-0.3, -0.25) is 9.59 Å². The maximum atomic E-state index is 12.5. The van der Waals surface area contributed by atoms with Crippen molar-refractivity contribution in [2.75, 3.05) is 13.2 Å². The Kier molecular flexibility index (Phi) is 6.92. The summed E-state index contributed by atoms with van der Waals surface area (Å²) < 4.78 is 5.18. The average Bonchev–Trinajstić information content (AvgIpc) is 3.23. The number of hydrogen-bond donors (Lipinski definition) is 1. The van der Waals surface area contributed by atoms with Crippen LogP contribution in [-0.2, 0) is 16.0 Å². The lowest BCUT2D eigenvalue weighted by Gasteiger charge is -2.16. The van der Waals surface area contributed by atoms with Crippen LogP contribution < -0.4 is 5.32 Å². The summed E-state index contributed by atoms with van der Waals surface area (Å²) in [7, 11) is 0. The number of ether oxygens (including phenoxy) is 1. The molecule has 1 aromatic heterocycles. The first-order valence-corrected chi connectivity index (χ1v) is 9.99. The van der Waals surface area contributed by atoms with Gasteiger partial charge in [0.2, 0.25) is 0 Å². The fraction of sp³-hybridized carbons (Fsp3) is 0.227. The first-order valence-electron chi connectivity index (χ1n) is 9.17. The second-order valence-corrected chi connectivity index (χ2v) is 7.28. The van der Waals surface area contributed by atoms with Crippen molar-refractivity contribution in [3.05, 3.63) is 77.3 Å². The number of hydrogen-bond acceptors (Lipinski definition) is 5.